The average molecular weight is 387 g/mol. The van der Waals surface area contributed by atoms with E-state index in [2.05, 4.69) is 41.4 Å². The molecule has 6 heteroatoms. The highest BCUT2D eigenvalue weighted by Crippen LogP contribution is 2.39. The predicted molar refractivity (Wildman–Crippen MR) is 105 cm³/mol. The molecule has 0 saturated carbocycles. The molecule has 0 aliphatic carbocycles. The summed E-state index contributed by atoms with van der Waals surface area (Å²) in [4.78, 5) is 15.1. The second-order valence-corrected chi connectivity index (χ2v) is 7.36. The molecule has 2 heterocycles. The zero-order valence-electron chi connectivity index (χ0n) is 15.3. The molecule has 0 bridgehead atoms. The molecular formula is C21H23ClN2O3. The van der Waals surface area contributed by atoms with Gasteiger partial charge in [0.05, 0.1) is 5.02 Å². The number of carbonyl (C=O) groups excluding carboxylic acids is 1. The Morgan fingerprint density at radius 2 is 2.07 bits per heavy atom. The lowest BCUT2D eigenvalue weighted by Crippen LogP contribution is -2.45. The van der Waals surface area contributed by atoms with Gasteiger partial charge in [-0.3, -0.25) is 9.69 Å². The second-order valence-electron chi connectivity index (χ2n) is 6.95. The van der Waals surface area contributed by atoms with Crippen LogP contribution >= 0.6 is 11.6 Å². The van der Waals surface area contributed by atoms with Gasteiger partial charge in [0.2, 0.25) is 6.79 Å². The van der Waals surface area contributed by atoms with Crippen molar-refractivity contribution in [3.05, 3.63) is 58.1 Å². The lowest BCUT2D eigenvalue weighted by Gasteiger charge is -2.35. The van der Waals surface area contributed by atoms with Gasteiger partial charge in [-0.1, -0.05) is 42.8 Å². The molecule has 0 fully saturated rings. The first-order valence-electron chi connectivity index (χ1n) is 9.34. The maximum Gasteiger partial charge on any atom is 0.251 e. The van der Waals surface area contributed by atoms with E-state index in [1.165, 1.54) is 11.1 Å². The molecule has 2 aliphatic heterocycles. The molecule has 2 aliphatic rings. The van der Waals surface area contributed by atoms with Crippen molar-refractivity contribution >= 4 is 17.5 Å². The maximum absolute atomic E-state index is 12.6. The standard InChI is InChI=1S/C21H23ClN2O3/c1-2-17(24-8-7-14-5-3-4-6-15(14)12-24)11-23-21(25)16-9-18(22)20-19(10-16)26-13-27-20/h3-6,9-10,17H,2,7-8,11-13H2,1H3,(H,23,25). The van der Waals surface area contributed by atoms with Crippen molar-refractivity contribution in [1.29, 1.82) is 0 Å². The van der Waals surface area contributed by atoms with Crippen LogP contribution in [-0.2, 0) is 13.0 Å². The monoisotopic (exact) mass is 386 g/mol. The van der Waals surface area contributed by atoms with E-state index in [9.17, 15) is 4.79 Å². The summed E-state index contributed by atoms with van der Waals surface area (Å²) in [5.74, 6) is 0.880. The number of nitrogens with one attached hydrogen (secondary N) is 1. The first-order valence-corrected chi connectivity index (χ1v) is 9.71. The van der Waals surface area contributed by atoms with Crippen LogP contribution in [0.25, 0.3) is 0 Å². The molecule has 5 nitrogen and oxygen atoms in total. The van der Waals surface area contributed by atoms with E-state index < -0.39 is 0 Å². The molecule has 0 radical (unpaired) electrons. The fraction of sp³-hybridized carbons (Fsp3) is 0.381. The number of halogens is 1. The SMILES string of the molecule is CCC(CNC(=O)c1cc(Cl)c2c(c1)OCO2)N1CCc2ccccc2C1. The molecule has 27 heavy (non-hydrogen) atoms. The molecule has 0 spiro atoms. The third-order valence-corrected chi connectivity index (χ3v) is 5.62. The van der Waals surface area contributed by atoms with Crippen LogP contribution in [-0.4, -0.2) is 36.7 Å². The van der Waals surface area contributed by atoms with Gasteiger partial charge in [0.1, 0.15) is 0 Å². The zero-order valence-corrected chi connectivity index (χ0v) is 16.1. The third-order valence-electron chi connectivity index (χ3n) is 5.34. The van der Waals surface area contributed by atoms with Crippen molar-refractivity contribution in [2.24, 2.45) is 0 Å². The summed E-state index contributed by atoms with van der Waals surface area (Å²) in [6.07, 6.45) is 2.03. The van der Waals surface area contributed by atoms with E-state index in [0.717, 1.165) is 25.9 Å². The smallest absolute Gasteiger partial charge is 0.251 e. The number of hydrogen-bond donors (Lipinski definition) is 1. The highest BCUT2D eigenvalue weighted by molar-refractivity contribution is 6.32. The minimum Gasteiger partial charge on any atom is -0.454 e. The van der Waals surface area contributed by atoms with E-state index in [4.69, 9.17) is 21.1 Å². The summed E-state index contributed by atoms with van der Waals surface area (Å²) >= 11 is 6.19. The van der Waals surface area contributed by atoms with Crippen molar-refractivity contribution in [2.45, 2.75) is 32.4 Å². The number of amides is 1. The lowest BCUT2D eigenvalue weighted by atomic mass is 9.98. The number of benzene rings is 2. The van der Waals surface area contributed by atoms with Crippen LogP contribution in [0.5, 0.6) is 11.5 Å². The highest BCUT2D eigenvalue weighted by Gasteiger charge is 2.24. The Kier molecular flexibility index (Phi) is 5.23. The van der Waals surface area contributed by atoms with Gasteiger partial charge in [0, 0.05) is 31.2 Å². The van der Waals surface area contributed by atoms with E-state index >= 15 is 0 Å². The molecule has 4 rings (SSSR count). The fourth-order valence-electron chi connectivity index (χ4n) is 3.77. The summed E-state index contributed by atoms with van der Waals surface area (Å²) in [5, 5.41) is 3.45. The summed E-state index contributed by atoms with van der Waals surface area (Å²) in [5.41, 5.74) is 3.31. The number of nitrogens with zero attached hydrogens (tertiary/aromatic N) is 1. The topological polar surface area (TPSA) is 50.8 Å². The molecule has 0 saturated heterocycles. The molecule has 1 unspecified atom stereocenters. The van der Waals surface area contributed by atoms with Gasteiger partial charge in [-0.15, -0.1) is 0 Å². The molecule has 142 valence electrons. The maximum atomic E-state index is 12.6. The predicted octanol–water partition coefficient (Wildman–Crippen LogP) is 3.64. The first kappa shape index (κ1) is 18.1. The highest BCUT2D eigenvalue weighted by atomic mass is 35.5. The van der Waals surface area contributed by atoms with E-state index in [1.54, 1.807) is 12.1 Å². The van der Waals surface area contributed by atoms with Crippen LogP contribution in [0.1, 0.15) is 34.8 Å². The molecule has 2 aromatic rings. The molecule has 1 N–H and O–H groups in total. The minimum atomic E-state index is -0.147. The van der Waals surface area contributed by atoms with Crippen LogP contribution in [0.15, 0.2) is 36.4 Å². The average Bonchev–Trinajstić information content (AvgIpc) is 3.17. The van der Waals surface area contributed by atoms with Gasteiger partial charge in [-0.2, -0.15) is 0 Å². The van der Waals surface area contributed by atoms with Crippen LogP contribution in [0.2, 0.25) is 5.02 Å². The van der Waals surface area contributed by atoms with Crippen molar-refractivity contribution < 1.29 is 14.3 Å². The van der Waals surface area contributed by atoms with Crippen LogP contribution in [0.4, 0.5) is 0 Å². The normalized spacial score (nSPS) is 16.7. The summed E-state index contributed by atoms with van der Waals surface area (Å²) in [6, 6.07) is 12.2. The van der Waals surface area contributed by atoms with Crippen molar-refractivity contribution in [3.63, 3.8) is 0 Å². The molecular weight excluding hydrogens is 364 g/mol. The second kappa shape index (κ2) is 7.79. The van der Waals surface area contributed by atoms with Gasteiger partial charge in [0.25, 0.3) is 5.91 Å². The Morgan fingerprint density at radius 3 is 2.89 bits per heavy atom. The largest absolute Gasteiger partial charge is 0.454 e. The van der Waals surface area contributed by atoms with Crippen LogP contribution < -0.4 is 14.8 Å². The quantitative estimate of drug-likeness (QED) is 0.852. The van der Waals surface area contributed by atoms with E-state index in [-0.39, 0.29) is 12.7 Å². The number of hydrogen-bond acceptors (Lipinski definition) is 4. The van der Waals surface area contributed by atoms with Gasteiger partial charge >= 0.3 is 0 Å². The van der Waals surface area contributed by atoms with Gasteiger partial charge in [-0.25, -0.2) is 0 Å². The van der Waals surface area contributed by atoms with Crippen LogP contribution in [0, 0.1) is 0 Å². The summed E-state index contributed by atoms with van der Waals surface area (Å²) < 4.78 is 10.6. The lowest BCUT2D eigenvalue weighted by molar-refractivity contribution is 0.0926. The Morgan fingerprint density at radius 1 is 1.26 bits per heavy atom. The molecule has 2 aromatic carbocycles. The Bertz CT molecular complexity index is 855. The van der Waals surface area contributed by atoms with Gasteiger partial charge < -0.3 is 14.8 Å². The van der Waals surface area contributed by atoms with E-state index in [1.807, 2.05) is 0 Å². The number of rotatable bonds is 5. The molecule has 0 aromatic heterocycles. The summed E-state index contributed by atoms with van der Waals surface area (Å²) in [7, 11) is 0. The molecule has 1 atom stereocenters. The number of ether oxygens (including phenoxy) is 2. The third kappa shape index (κ3) is 3.75. The molecule has 1 amide bonds. The Balaban J connectivity index is 1.40. The van der Waals surface area contributed by atoms with Gasteiger partial charge in [0.15, 0.2) is 11.5 Å². The van der Waals surface area contributed by atoms with Crippen LogP contribution in [0.3, 0.4) is 0 Å². The van der Waals surface area contributed by atoms with Crippen molar-refractivity contribution in [3.8, 4) is 11.5 Å². The minimum absolute atomic E-state index is 0.133. The Hall–Kier alpha value is -2.24. The zero-order chi connectivity index (χ0) is 18.8. The summed E-state index contributed by atoms with van der Waals surface area (Å²) in [6.45, 7) is 4.84. The van der Waals surface area contributed by atoms with Crippen molar-refractivity contribution in [2.75, 3.05) is 19.9 Å². The van der Waals surface area contributed by atoms with E-state index in [0.29, 0.717) is 34.7 Å². The number of fused-ring (bicyclic) bond motifs is 2. The Labute approximate surface area is 164 Å². The first-order chi connectivity index (χ1) is 13.2. The fourth-order valence-corrected chi connectivity index (χ4v) is 4.04. The number of carbonyl (C=O) groups is 1. The van der Waals surface area contributed by atoms with Crippen molar-refractivity contribution in [1.82, 2.24) is 10.2 Å². The van der Waals surface area contributed by atoms with Gasteiger partial charge in [-0.05, 0) is 36.1 Å².